The molecule has 30 heavy (non-hydrogen) atoms. The van der Waals surface area contributed by atoms with Crippen LogP contribution in [0.1, 0.15) is 17.5 Å². The van der Waals surface area contributed by atoms with Gasteiger partial charge in [-0.2, -0.15) is 4.31 Å². The largest absolute Gasteiger partial charge is 0.301 e. The zero-order valence-electron chi connectivity index (χ0n) is 16.2. The van der Waals surface area contributed by atoms with Crippen LogP contribution in [0.2, 0.25) is 0 Å². The molecule has 0 fully saturated rings. The molecule has 0 aliphatic carbocycles. The normalized spacial score (nSPS) is 17.0. The predicted molar refractivity (Wildman–Crippen MR) is 119 cm³/mol. The lowest BCUT2D eigenvalue weighted by molar-refractivity contribution is -0.119. The minimum atomic E-state index is -3.90. The lowest BCUT2D eigenvalue weighted by Crippen LogP contribution is -2.48. The Bertz CT molecular complexity index is 1160. The number of fused-ring (bicyclic) bond motifs is 1. The maximum Gasteiger partial charge on any atom is 0.244 e. The van der Waals surface area contributed by atoms with Crippen molar-refractivity contribution >= 4 is 38.0 Å². The highest BCUT2D eigenvalue weighted by atomic mass is 32.2. The van der Waals surface area contributed by atoms with Gasteiger partial charge in [0.1, 0.15) is 6.04 Å². The van der Waals surface area contributed by atoms with Crippen LogP contribution in [0.15, 0.2) is 77.6 Å². The summed E-state index contributed by atoms with van der Waals surface area (Å²) in [6.07, 6.45) is 2.30. The van der Waals surface area contributed by atoms with Crippen LogP contribution < -0.4 is 5.32 Å². The van der Waals surface area contributed by atoms with E-state index in [-0.39, 0.29) is 17.9 Å². The van der Waals surface area contributed by atoms with E-state index >= 15 is 0 Å². The van der Waals surface area contributed by atoms with Gasteiger partial charge in [0.2, 0.25) is 15.9 Å². The van der Waals surface area contributed by atoms with Crippen LogP contribution in [0, 0.1) is 0 Å². The van der Waals surface area contributed by atoms with Crippen molar-refractivity contribution in [2.24, 2.45) is 0 Å². The Kier molecular flexibility index (Phi) is 5.80. The van der Waals surface area contributed by atoms with E-state index in [1.807, 2.05) is 30.3 Å². The average Bonchev–Trinajstić information content (AvgIpc) is 3.23. The number of hydrogen-bond acceptors (Lipinski definition) is 5. The van der Waals surface area contributed by atoms with Gasteiger partial charge < -0.3 is 5.32 Å². The molecule has 0 spiro atoms. The van der Waals surface area contributed by atoms with Gasteiger partial charge in [0.15, 0.2) is 5.13 Å². The third kappa shape index (κ3) is 4.07. The molecule has 4 rings (SSSR count). The highest BCUT2D eigenvalue weighted by Crippen LogP contribution is 2.33. The van der Waals surface area contributed by atoms with Gasteiger partial charge in [-0.05, 0) is 35.6 Å². The minimum Gasteiger partial charge on any atom is -0.301 e. The van der Waals surface area contributed by atoms with Crippen LogP contribution in [0.3, 0.4) is 0 Å². The van der Waals surface area contributed by atoms with E-state index in [9.17, 15) is 13.2 Å². The second-order valence-corrected chi connectivity index (χ2v) is 9.75. The molecular weight excluding hydrogens is 418 g/mol. The summed E-state index contributed by atoms with van der Waals surface area (Å²) in [6, 6.07) is 15.3. The standard InChI is InChI=1S/C22H21N3O3S2/c1-16-11-13-25(30(27,28)20-10-6-5-9-18(16)20)19(15-17-7-3-2-4-8-17)21(26)24-22-23-12-14-29-22/h2-10,12,14,19H,1,11,13,15H2,(H,23,24,26). The summed E-state index contributed by atoms with van der Waals surface area (Å²) in [5, 5.41) is 4.97. The van der Waals surface area contributed by atoms with Crippen molar-refractivity contribution in [3.63, 3.8) is 0 Å². The summed E-state index contributed by atoms with van der Waals surface area (Å²) in [6.45, 7) is 4.24. The van der Waals surface area contributed by atoms with Crippen LogP contribution in [-0.4, -0.2) is 36.2 Å². The number of benzene rings is 2. The topological polar surface area (TPSA) is 79.4 Å². The average molecular weight is 440 g/mol. The number of aromatic nitrogens is 1. The summed E-state index contributed by atoms with van der Waals surface area (Å²) in [5.41, 5.74) is 2.23. The third-order valence-corrected chi connectivity index (χ3v) is 7.73. The summed E-state index contributed by atoms with van der Waals surface area (Å²) >= 11 is 1.29. The molecular formula is C22H21N3O3S2. The van der Waals surface area contributed by atoms with Gasteiger partial charge in [-0.15, -0.1) is 11.3 Å². The summed E-state index contributed by atoms with van der Waals surface area (Å²) in [7, 11) is -3.90. The molecule has 0 saturated heterocycles. The van der Waals surface area contributed by atoms with Gasteiger partial charge in [0, 0.05) is 18.1 Å². The number of sulfonamides is 1. The molecule has 154 valence electrons. The van der Waals surface area contributed by atoms with Crippen molar-refractivity contribution in [3.8, 4) is 0 Å². The van der Waals surface area contributed by atoms with Crippen molar-refractivity contribution in [3.05, 3.63) is 83.9 Å². The molecule has 0 radical (unpaired) electrons. The molecule has 1 N–H and O–H groups in total. The van der Waals surface area contributed by atoms with Crippen LogP contribution in [0.4, 0.5) is 5.13 Å². The Labute approximate surface area is 179 Å². The maximum absolute atomic E-state index is 13.6. The smallest absolute Gasteiger partial charge is 0.244 e. The monoisotopic (exact) mass is 439 g/mol. The first kappa shape index (κ1) is 20.5. The molecule has 8 heteroatoms. The van der Waals surface area contributed by atoms with Crippen molar-refractivity contribution in [2.75, 3.05) is 11.9 Å². The number of thiazole rings is 1. The number of nitrogens with one attached hydrogen (secondary N) is 1. The van der Waals surface area contributed by atoms with E-state index in [0.29, 0.717) is 17.1 Å². The first-order valence-electron chi connectivity index (χ1n) is 9.50. The van der Waals surface area contributed by atoms with Gasteiger partial charge >= 0.3 is 0 Å². The van der Waals surface area contributed by atoms with Crippen LogP contribution in [-0.2, 0) is 21.2 Å². The van der Waals surface area contributed by atoms with E-state index in [0.717, 1.165) is 11.1 Å². The Morgan fingerprint density at radius 3 is 2.63 bits per heavy atom. The molecule has 2 heterocycles. The summed E-state index contributed by atoms with van der Waals surface area (Å²) in [5.74, 6) is -0.401. The Morgan fingerprint density at radius 2 is 1.90 bits per heavy atom. The fraction of sp³-hybridized carbons (Fsp3) is 0.182. The molecule has 0 saturated carbocycles. The molecule has 1 amide bonds. The highest BCUT2D eigenvalue weighted by molar-refractivity contribution is 7.89. The van der Waals surface area contributed by atoms with E-state index in [2.05, 4.69) is 16.9 Å². The lowest BCUT2D eigenvalue weighted by atomic mass is 10.0. The molecule has 1 aromatic heterocycles. The zero-order valence-corrected chi connectivity index (χ0v) is 17.8. The fourth-order valence-corrected chi connectivity index (χ4v) is 5.93. The Morgan fingerprint density at radius 1 is 1.17 bits per heavy atom. The van der Waals surface area contributed by atoms with E-state index < -0.39 is 22.0 Å². The van der Waals surface area contributed by atoms with Crippen molar-refractivity contribution in [1.29, 1.82) is 0 Å². The molecule has 2 aromatic carbocycles. The summed E-state index contributed by atoms with van der Waals surface area (Å²) in [4.78, 5) is 17.5. The first-order valence-corrected chi connectivity index (χ1v) is 11.8. The lowest BCUT2D eigenvalue weighted by Gasteiger charge is -2.29. The third-order valence-electron chi connectivity index (χ3n) is 5.07. The van der Waals surface area contributed by atoms with Gasteiger partial charge in [-0.3, -0.25) is 4.79 Å². The molecule has 1 atom stereocenters. The van der Waals surface area contributed by atoms with Gasteiger partial charge in [0.05, 0.1) is 4.90 Å². The van der Waals surface area contributed by atoms with Gasteiger partial charge in [-0.1, -0.05) is 55.1 Å². The number of carbonyl (C=O) groups is 1. The molecule has 1 aliphatic rings. The number of amides is 1. The second-order valence-electron chi connectivity index (χ2n) is 7.00. The maximum atomic E-state index is 13.6. The number of rotatable bonds is 5. The molecule has 3 aromatic rings. The van der Waals surface area contributed by atoms with Crippen LogP contribution in [0.25, 0.3) is 5.57 Å². The minimum absolute atomic E-state index is 0.179. The van der Waals surface area contributed by atoms with E-state index in [1.165, 1.54) is 15.6 Å². The first-order chi connectivity index (χ1) is 14.5. The molecule has 1 unspecified atom stereocenters. The zero-order chi connectivity index (χ0) is 21.1. The quantitative estimate of drug-likeness (QED) is 0.656. The fourth-order valence-electron chi connectivity index (χ4n) is 3.57. The van der Waals surface area contributed by atoms with E-state index in [4.69, 9.17) is 0 Å². The predicted octanol–water partition coefficient (Wildman–Crippen LogP) is 3.80. The van der Waals surface area contributed by atoms with Crippen molar-refractivity contribution < 1.29 is 13.2 Å². The summed E-state index contributed by atoms with van der Waals surface area (Å²) < 4.78 is 28.5. The highest BCUT2D eigenvalue weighted by Gasteiger charge is 2.39. The molecule has 6 nitrogen and oxygen atoms in total. The van der Waals surface area contributed by atoms with Gasteiger partial charge in [0.25, 0.3) is 0 Å². The van der Waals surface area contributed by atoms with E-state index in [1.54, 1.807) is 35.8 Å². The number of nitrogens with zero attached hydrogens (tertiary/aromatic N) is 2. The number of carbonyl (C=O) groups excluding carboxylic acids is 1. The second kappa shape index (κ2) is 8.51. The van der Waals surface area contributed by atoms with Crippen molar-refractivity contribution in [1.82, 2.24) is 9.29 Å². The van der Waals surface area contributed by atoms with Gasteiger partial charge in [-0.25, -0.2) is 13.4 Å². The molecule has 0 bridgehead atoms. The number of anilines is 1. The Hall–Kier alpha value is -2.81. The van der Waals surface area contributed by atoms with Crippen LogP contribution >= 0.6 is 11.3 Å². The van der Waals surface area contributed by atoms with Crippen molar-refractivity contribution in [2.45, 2.75) is 23.8 Å². The van der Waals surface area contributed by atoms with Crippen LogP contribution in [0.5, 0.6) is 0 Å². The number of hydrogen-bond donors (Lipinski definition) is 1. The molecule has 1 aliphatic heterocycles. The SMILES string of the molecule is C=C1CCN(C(Cc2ccccc2)C(=O)Nc2nccs2)S(=O)(=O)c2ccccc21. The Balaban J connectivity index is 1.75.